The zero-order valence-electron chi connectivity index (χ0n) is 12.3. The maximum absolute atomic E-state index is 8.89. The highest BCUT2D eigenvalue weighted by atomic mass is 35.5. The minimum absolute atomic E-state index is 0.392. The fourth-order valence-electron chi connectivity index (χ4n) is 2.87. The van der Waals surface area contributed by atoms with Crippen molar-refractivity contribution in [2.45, 2.75) is 6.92 Å². The Morgan fingerprint density at radius 1 is 1.09 bits per heavy atom. The van der Waals surface area contributed by atoms with Crippen molar-refractivity contribution in [1.82, 2.24) is 15.0 Å². The SMILES string of the molecule is Cc1nccc2c1[nH]c1c(-c3ccc(C#N)nc3)cc(Cl)cc12. The van der Waals surface area contributed by atoms with Crippen LogP contribution in [0.25, 0.3) is 32.9 Å². The molecule has 3 heterocycles. The number of pyridine rings is 2. The number of hydrogen-bond donors (Lipinski definition) is 1. The van der Waals surface area contributed by atoms with Crippen molar-refractivity contribution in [1.29, 1.82) is 5.26 Å². The van der Waals surface area contributed by atoms with E-state index in [4.69, 9.17) is 16.9 Å². The Morgan fingerprint density at radius 2 is 1.96 bits per heavy atom. The molecule has 4 rings (SSSR count). The first-order chi connectivity index (χ1) is 11.2. The number of nitriles is 1. The summed E-state index contributed by atoms with van der Waals surface area (Å²) in [5.41, 5.74) is 5.20. The molecule has 0 spiro atoms. The minimum Gasteiger partial charge on any atom is -0.353 e. The molecule has 23 heavy (non-hydrogen) atoms. The summed E-state index contributed by atoms with van der Waals surface area (Å²) < 4.78 is 0. The number of benzene rings is 1. The number of nitrogens with one attached hydrogen (secondary N) is 1. The zero-order chi connectivity index (χ0) is 16.0. The molecule has 4 aromatic rings. The summed E-state index contributed by atoms with van der Waals surface area (Å²) in [4.78, 5) is 11.9. The first-order valence-electron chi connectivity index (χ1n) is 7.10. The van der Waals surface area contributed by atoms with Crippen LogP contribution in [0.2, 0.25) is 5.02 Å². The van der Waals surface area contributed by atoms with Crippen molar-refractivity contribution in [3.63, 3.8) is 0 Å². The van der Waals surface area contributed by atoms with Gasteiger partial charge < -0.3 is 4.98 Å². The van der Waals surface area contributed by atoms with Crippen LogP contribution in [0, 0.1) is 18.3 Å². The molecular weight excluding hydrogens is 308 g/mol. The maximum Gasteiger partial charge on any atom is 0.140 e. The quantitative estimate of drug-likeness (QED) is 0.557. The van der Waals surface area contributed by atoms with Gasteiger partial charge in [0.05, 0.1) is 16.7 Å². The molecular formula is C18H11ClN4. The third-order valence-electron chi connectivity index (χ3n) is 3.97. The minimum atomic E-state index is 0.392. The molecule has 0 aliphatic carbocycles. The molecule has 4 nitrogen and oxygen atoms in total. The molecule has 0 radical (unpaired) electrons. The van der Waals surface area contributed by atoms with Crippen LogP contribution >= 0.6 is 11.6 Å². The third-order valence-corrected chi connectivity index (χ3v) is 4.19. The van der Waals surface area contributed by atoms with Crippen LogP contribution in [0.1, 0.15) is 11.4 Å². The van der Waals surface area contributed by atoms with Gasteiger partial charge in [0.1, 0.15) is 11.8 Å². The maximum atomic E-state index is 8.89. The van der Waals surface area contributed by atoms with E-state index in [1.54, 1.807) is 18.5 Å². The van der Waals surface area contributed by atoms with Crippen molar-refractivity contribution < 1.29 is 0 Å². The van der Waals surface area contributed by atoms with Gasteiger partial charge in [-0.15, -0.1) is 0 Å². The van der Waals surface area contributed by atoms with Gasteiger partial charge in [0, 0.05) is 39.3 Å². The highest BCUT2D eigenvalue weighted by molar-refractivity contribution is 6.32. The van der Waals surface area contributed by atoms with Gasteiger partial charge in [-0.1, -0.05) is 11.6 Å². The summed E-state index contributed by atoms with van der Waals surface area (Å²) in [7, 11) is 0. The Bertz CT molecular complexity index is 1090. The Morgan fingerprint density at radius 3 is 2.70 bits per heavy atom. The summed E-state index contributed by atoms with van der Waals surface area (Å²) >= 11 is 6.33. The van der Waals surface area contributed by atoms with Crippen LogP contribution in [-0.4, -0.2) is 15.0 Å². The van der Waals surface area contributed by atoms with Crippen molar-refractivity contribution in [3.05, 3.63) is 59.1 Å². The van der Waals surface area contributed by atoms with Crippen LogP contribution in [0.15, 0.2) is 42.7 Å². The van der Waals surface area contributed by atoms with Crippen LogP contribution in [-0.2, 0) is 0 Å². The monoisotopic (exact) mass is 318 g/mol. The van der Waals surface area contributed by atoms with Crippen LogP contribution < -0.4 is 0 Å². The molecule has 0 amide bonds. The molecule has 110 valence electrons. The van der Waals surface area contributed by atoms with E-state index in [2.05, 4.69) is 15.0 Å². The Kier molecular flexibility index (Phi) is 3.03. The largest absolute Gasteiger partial charge is 0.353 e. The van der Waals surface area contributed by atoms with Gasteiger partial charge in [0.2, 0.25) is 0 Å². The van der Waals surface area contributed by atoms with Crippen LogP contribution in [0.3, 0.4) is 0 Å². The molecule has 5 heteroatoms. The highest BCUT2D eigenvalue weighted by Gasteiger charge is 2.13. The smallest absolute Gasteiger partial charge is 0.140 e. The summed E-state index contributed by atoms with van der Waals surface area (Å²) in [6.07, 6.45) is 3.50. The van der Waals surface area contributed by atoms with Gasteiger partial charge >= 0.3 is 0 Å². The number of fused-ring (bicyclic) bond motifs is 3. The van der Waals surface area contributed by atoms with E-state index in [9.17, 15) is 0 Å². The molecule has 0 aliphatic rings. The summed E-state index contributed by atoms with van der Waals surface area (Å²) in [6, 6.07) is 11.5. The number of aromatic nitrogens is 3. The molecule has 1 aromatic carbocycles. The zero-order valence-corrected chi connectivity index (χ0v) is 13.0. The second-order valence-electron chi connectivity index (χ2n) is 5.36. The number of aryl methyl sites for hydroxylation is 1. The normalized spacial score (nSPS) is 11.0. The number of rotatable bonds is 1. The van der Waals surface area contributed by atoms with Gasteiger partial charge in [0.25, 0.3) is 0 Å². The van der Waals surface area contributed by atoms with Gasteiger partial charge in [-0.25, -0.2) is 4.98 Å². The van der Waals surface area contributed by atoms with E-state index in [0.717, 1.165) is 38.6 Å². The lowest BCUT2D eigenvalue weighted by Crippen LogP contribution is -1.86. The number of nitrogens with zero attached hydrogens (tertiary/aromatic N) is 3. The first kappa shape index (κ1) is 13.7. The van der Waals surface area contributed by atoms with Gasteiger partial charge in [0.15, 0.2) is 0 Å². The van der Waals surface area contributed by atoms with Gasteiger partial charge in [-0.3, -0.25) is 4.98 Å². The summed E-state index contributed by atoms with van der Waals surface area (Å²) in [5.74, 6) is 0. The second-order valence-corrected chi connectivity index (χ2v) is 5.80. The third kappa shape index (κ3) is 2.14. The number of hydrogen-bond acceptors (Lipinski definition) is 3. The molecule has 0 saturated carbocycles. The van der Waals surface area contributed by atoms with E-state index < -0.39 is 0 Å². The van der Waals surface area contributed by atoms with Crippen molar-refractivity contribution >= 4 is 33.4 Å². The lowest BCUT2D eigenvalue weighted by molar-refractivity contribution is 1.22. The van der Waals surface area contributed by atoms with Gasteiger partial charge in [-0.05, 0) is 37.3 Å². The lowest BCUT2D eigenvalue weighted by atomic mass is 10.0. The molecule has 0 atom stereocenters. The van der Waals surface area contributed by atoms with Crippen molar-refractivity contribution in [2.24, 2.45) is 0 Å². The molecule has 0 aliphatic heterocycles. The van der Waals surface area contributed by atoms with Crippen LogP contribution in [0.4, 0.5) is 0 Å². The summed E-state index contributed by atoms with van der Waals surface area (Å²) in [6.45, 7) is 1.97. The standard InChI is InChI=1S/C18H11ClN4/c1-10-17-14(4-5-21-10)16-7-12(19)6-15(18(16)23-17)11-2-3-13(8-20)22-9-11/h2-7,9,23H,1H3. The van der Waals surface area contributed by atoms with Gasteiger partial charge in [-0.2, -0.15) is 5.26 Å². The fourth-order valence-corrected chi connectivity index (χ4v) is 3.09. The Hall–Kier alpha value is -2.90. The van der Waals surface area contributed by atoms with Crippen molar-refractivity contribution in [2.75, 3.05) is 0 Å². The number of aromatic amines is 1. The average molecular weight is 319 g/mol. The molecule has 0 unspecified atom stereocenters. The van der Waals surface area contributed by atoms with E-state index in [1.165, 1.54) is 0 Å². The number of halogens is 1. The highest BCUT2D eigenvalue weighted by Crippen LogP contribution is 2.36. The molecule has 0 bridgehead atoms. The fraction of sp³-hybridized carbons (Fsp3) is 0.0556. The first-order valence-corrected chi connectivity index (χ1v) is 7.48. The molecule has 0 fully saturated rings. The Labute approximate surface area is 137 Å². The van der Waals surface area contributed by atoms with E-state index in [-0.39, 0.29) is 0 Å². The van der Waals surface area contributed by atoms with E-state index >= 15 is 0 Å². The predicted octanol–water partition coefficient (Wildman–Crippen LogP) is 4.61. The van der Waals surface area contributed by atoms with E-state index in [1.807, 2.05) is 37.3 Å². The summed E-state index contributed by atoms with van der Waals surface area (Å²) in [5, 5.41) is 11.7. The number of H-pyrrole nitrogens is 1. The topological polar surface area (TPSA) is 65.4 Å². The molecule has 1 N–H and O–H groups in total. The Balaban J connectivity index is 2.08. The second kappa shape index (κ2) is 5.08. The predicted molar refractivity (Wildman–Crippen MR) is 91.3 cm³/mol. The molecule has 3 aromatic heterocycles. The van der Waals surface area contributed by atoms with Crippen LogP contribution in [0.5, 0.6) is 0 Å². The van der Waals surface area contributed by atoms with Crippen molar-refractivity contribution in [3.8, 4) is 17.2 Å². The average Bonchev–Trinajstić information content (AvgIpc) is 2.94. The molecule has 0 saturated heterocycles. The lowest BCUT2D eigenvalue weighted by Gasteiger charge is -2.05. The van der Waals surface area contributed by atoms with E-state index in [0.29, 0.717) is 10.7 Å².